The molecule has 0 aromatic heterocycles. The number of hydrogen-bond acceptors (Lipinski definition) is 4. The van der Waals surface area contributed by atoms with Gasteiger partial charge in [-0.15, -0.1) is 0 Å². The van der Waals surface area contributed by atoms with Crippen molar-refractivity contribution in [2.75, 3.05) is 24.2 Å². The van der Waals surface area contributed by atoms with Crippen molar-refractivity contribution < 1.29 is 18.3 Å². The highest BCUT2D eigenvalue weighted by Crippen LogP contribution is 2.30. The van der Waals surface area contributed by atoms with Gasteiger partial charge in [-0.05, 0) is 12.1 Å². The van der Waals surface area contributed by atoms with Gasteiger partial charge in [0.15, 0.2) is 9.84 Å². The Kier molecular flexibility index (Phi) is 2.82. The zero-order valence-electron chi connectivity index (χ0n) is 9.33. The average molecular weight is 255 g/mol. The SMILES string of the molecule is CS(=O)(=O)c1ccccc1N1CC(C(=O)O)C1. The Bertz CT molecular complexity index is 546. The maximum atomic E-state index is 11.6. The molecule has 1 fully saturated rings. The van der Waals surface area contributed by atoms with E-state index >= 15 is 0 Å². The topological polar surface area (TPSA) is 74.7 Å². The number of carboxylic acid groups (broad SMARTS) is 1. The second kappa shape index (κ2) is 4.03. The number of nitrogens with zero attached hydrogens (tertiary/aromatic N) is 1. The van der Waals surface area contributed by atoms with E-state index in [1.807, 2.05) is 0 Å². The van der Waals surface area contributed by atoms with E-state index in [1.165, 1.54) is 0 Å². The van der Waals surface area contributed by atoms with Gasteiger partial charge in [-0.3, -0.25) is 4.79 Å². The van der Waals surface area contributed by atoms with Gasteiger partial charge in [0.1, 0.15) is 0 Å². The van der Waals surface area contributed by atoms with E-state index < -0.39 is 21.7 Å². The normalized spacial score (nSPS) is 16.6. The summed E-state index contributed by atoms with van der Waals surface area (Å²) in [4.78, 5) is 12.7. The van der Waals surface area contributed by atoms with Crippen molar-refractivity contribution in [3.05, 3.63) is 24.3 Å². The smallest absolute Gasteiger partial charge is 0.310 e. The minimum atomic E-state index is -3.28. The summed E-state index contributed by atoms with van der Waals surface area (Å²) in [5.41, 5.74) is 0.590. The molecule has 92 valence electrons. The molecule has 1 aromatic rings. The fourth-order valence-electron chi connectivity index (χ4n) is 1.86. The van der Waals surface area contributed by atoms with E-state index in [0.717, 1.165) is 6.26 Å². The first kappa shape index (κ1) is 11.9. The minimum absolute atomic E-state index is 0.254. The van der Waals surface area contributed by atoms with Crippen molar-refractivity contribution in [3.63, 3.8) is 0 Å². The van der Waals surface area contributed by atoms with Gasteiger partial charge in [-0.2, -0.15) is 0 Å². The minimum Gasteiger partial charge on any atom is -0.481 e. The summed E-state index contributed by atoms with van der Waals surface area (Å²) >= 11 is 0. The number of rotatable bonds is 3. The van der Waals surface area contributed by atoms with Crippen LogP contribution in [0.4, 0.5) is 5.69 Å². The Morgan fingerprint density at radius 1 is 1.35 bits per heavy atom. The third kappa shape index (κ3) is 2.26. The molecule has 1 N–H and O–H groups in total. The molecular formula is C11H13NO4S. The summed E-state index contributed by atoms with van der Waals surface area (Å²) in [7, 11) is -3.28. The largest absolute Gasteiger partial charge is 0.481 e. The molecule has 0 atom stereocenters. The van der Waals surface area contributed by atoms with Crippen molar-refractivity contribution in [2.24, 2.45) is 5.92 Å². The molecule has 0 bridgehead atoms. The second-order valence-electron chi connectivity index (χ2n) is 4.18. The third-order valence-corrected chi connectivity index (χ3v) is 3.98. The number of aliphatic carboxylic acids is 1. The molecule has 0 aliphatic carbocycles. The summed E-state index contributed by atoms with van der Waals surface area (Å²) in [5.74, 6) is -1.24. The van der Waals surface area contributed by atoms with Gasteiger partial charge in [0.25, 0.3) is 0 Å². The van der Waals surface area contributed by atoms with Crippen LogP contribution in [0.25, 0.3) is 0 Å². The number of hydrogen-bond donors (Lipinski definition) is 1. The molecule has 6 heteroatoms. The van der Waals surface area contributed by atoms with E-state index in [1.54, 1.807) is 29.2 Å². The van der Waals surface area contributed by atoms with E-state index in [4.69, 9.17) is 5.11 Å². The van der Waals surface area contributed by atoms with Crippen LogP contribution in [0.15, 0.2) is 29.2 Å². The van der Waals surface area contributed by atoms with E-state index in [9.17, 15) is 13.2 Å². The number of anilines is 1. The number of sulfone groups is 1. The second-order valence-corrected chi connectivity index (χ2v) is 6.16. The Morgan fingerprint density at radius 3 is 2.47 bits per heavy atom. The third-order valence-electron chi connectivity index (χ3n) is 2.84. The molecule has 1 saturated heterocycles. The summed E-state index contributed by atoms with van der Waals surface area (Å²) in [6.07, 6.45) is 1.15. The average Bonchev–Trinajstić information content (AvgIpc) is 2.13. The molecule has 1 aliphatic heterocycles. The first-order valence-electron chi connectivity index (χ1n) is 5.16. The lowest BCUT2D eigenvalue weighted by Gasteiger charge is -2.39. The Labute approximate surface area is 99.6 Å². The van der Waals surface area contributed by atoms with E-state index in [0.29, 0.717) is 18.8 Å². The molecule has 1 aliphatic rings. The standard InChI is InChI=1S/C11H13NO4S/c1-17(15,16)10-5-3-2-4-9(10)12-6-8(7-12)11(13)14/h2-5,8H,6-7H2,1H3,(H,13,14). The van der Waals surface area contributed by atoms with E-state index in [-0.39, 0.29) is 4.90 Å². The van der Waals surface area contributed by atoms with Gasteiger partial charge in [0, 0.05) is 19.3 Å². The molecule has 1 heterocycles. The number of carbonyl (C=O) groups is 1. The number of para-hydroxylation sites is 1. The van der Waals surface area contributed by atoms with E-state index in [2.05, 4.69) is 0 Å². The first-order chi connectivity index (χ1) is 7.89. The van der Waals surface area contributed by atoms with Gasteiger partial charge in [0.05, 0.1) is 16.5 Å². The zero-order chi connectivity index (χ0) is 12.6. The fraction of sp³-hybridized carbons (Fsp3) is 0.364. The van der Waals surface area contributed by atoms with Crippen molar-refractivity contribution in [1.82, 2.24) is 0 Å². The maximum Gasteiger partial charge on any atom is 0.310 e. The lowest BCUT2D eigenvalue weighted by Crippen LogP contribution is -2.50. The van der Waals surface area contributed by atoms with Crippen LogP contribution in [0, 0.1) is 5.92 Å². The van der Waals surface area contributed by atoms with Crippen LogP contribution in [0.3, 0.4) is 0 Å². The lowest BCUT2D eigenvalue weighted by molar-refractivity contribution is -0.142. The number of benzene rings is 1. The summed E-state index contributed by atoms with van der Waals surface area (Å²) < 4.78 is 23.1. The highest BCUT2D eigenvalue weighted by molar-refractivity contribution is 7.90. The van der Waals surface area contributed by atoms with Crippen LogP contribution in [-0.2, 0) is 14.6 Å². The zero-order valence-corrected chi connectivity index (χ0v) is 10.1. The Morgan fingerprint density at radius 2 is 1.94 bits per heavy atom. The van der Waals surface area contributed by atoms with Crippen LogP contribution in [0.1, 0.15) is 0 Å². The van der Waals surface area contributed by atoms with Gasteiger partial charge in [-0.1, -0.05) is 12.1 Å². The molecule has 0 amide bonds. The molecule has 0 spiro atoms. The molecule has 0 radical (unpaired) electrons. The Balaban J connectivity index is 2.27. The fourth-order valence-corrected chi connectivity index (χ4v) is 2.77. The molecule has 0 saturated carbocycles. The van der Waals surface area contributed by atoms with Crippen molar-refractivity contribution in [3.8, 4) is 0 Å². The van der Waals surface area contributed by atoms with Gasteiger partial charge < -0.3 is 10.0 Å². The van der Waals surface area contributed by atoms with Crippen LogP contribution in [0.5, 0.6) is 0 Å². The molecule has 17 heavy (non-hydrogen) atoms. The molecule has 2 rings (SSSR count). The summed E-state index contributed by atoms with van der Waals surface area (Å²) in [6, 6.07) is 6.65. The molecule has 5 nitrogen and oxygen atoms in total. The van der Waals surface area contributed by atoms with Crippen LogP contribution < -0.4 is 4.90 Å². The molecule has 0 unspecified atom stereocenters. The highest BCUT2D eigenvalue weighted by atomic mass is 32.2. The van der Waals surface area contributed by atoms with Gasteiger partial charge in [0.2, 0.25) is 0 Å². The monoisotopic (exact) mass is 255 g/mol. The van der Waals surface area contributed by atoms with Gasteiger partial charge in [-0.25, -0.2) is 8.42 Å². The van der Waals surface area contributed by atoms with Crippen molar-refractivity contribution in [1.29, 1.82) is 0 Å². The van der Waals surface area contributed by atoms with Gasteiger partial charge >= 0.3 is 5.97 Å². The molecule has 1 aromatic carbocycles. The van der Waals surface area contributed by atoms with Crippen molar-refractivity contribution in [2.45, 2.75) is 4.90 Å². The highest BCUT2D eigenvalue weighted by Gasteiger charge is 2.34. The summed E-state index contributed by atoms with van der Waals surface area (Å²) in [5, 5.41) is 8.78. The van der Waals surface area contributed by atoms with Crippen LogP contribution in [0.2, 0.25) is 0 Å². The Hall–Kier alpha value is -1.56. The predicted molar refractivity (Wildman–Crippen MR) is 62.9 cm³/mol. The quantitative estimate of drug-likeness (QED) is 0.856. The van der Waals surface area contributed by atoms with Crippen LogP contribution in [-0.4, -0.2) is 38.8 Å². The lowest BCUT2D eigenvalue weighted by atomic mass is 10.00. The number of carboxylic acids is 1. The maximum absolute atomic E-state index is 11.6. The summed E-state index contributed by atoms with van der Waals surface area (Å²) in [6.45, 7) is 0.726. The first-order valence-corrected chi connectivity index (χ1v) is 7.05. The van der Waals surface area contributed by atoms with Crippen LogP contribution >= 0.6 is 0 Å². The van der Waals surface area contributed by atoms with Crippen molar-refractivity contribution >= 4 is 21.5 Å². The predicted octanol–water partition coefficient (Wildman–Crippen LogP) is 0.611. The molecular weight excluding hydrogens is 242 g/mol.